The Bertz CT molecular complexity index is 1090. The van der Waals surface area contributed by atoms with Crippen LogP contribution in [0.2, 0.25) is 0 Å². The van der Waals surface area contributed by atoms with E-state index in [0.717, 1.165) is 48.6 Å². The van der Waals surface area contributed by atoms with Crippen molar-refractivity contribution in [3.8, 4) is 0 Å². The quantitative estimate of drug-likeness (QED) is 0.462. The maximum atomic E-state index is 12.6. The van der Waals surface area contributed by atoms with Gasteiger partial charge in [-0.3, -0.25) is 14.6 Å². The Balaban J connectivity index is 1.17. The molecule has 1 aliphatic heterocycles. The third-order valence-corrected chi connectivity index (χ3v) is 6.14. The van der Waals surface area contributed by atoms with Gasteiger partial charge in [-0.1, -0.05) is 42.5 Å². The van der Waals surface area contributed by atoms with Gasteiger partial charge in [0, 0.05) is 38.4 Å². The van der Waals surface area contributed by atoms with Gasteiger partial charge in [0.1, 0.15) is 6.26 Å². The number of anilines is 1. The maximum absolute atomic E-state index is 12.6. The fourth-order valence-electron chi connectivity index (χ4n) is 4.10. The van der Waals surface area contributed by atoms with Crippen molar-refractivity contribution in [3.05, 3.63) is 83.1 Å². The first-order valence-corrected chi connectivity index (χ1v) is 12.0. The molecule has 8 heteroatoms. The second kappa shape index (κ2) is 12.1. The number of aromatic nitrogens is 1. The standard InChI is InChI=1S/C27H34N4O4/c1-20-8-9-21(2)24(14-20)29-27(33)25-19-35-26(28-25)16-31-12-10-30(11-13-31)15-23(32)18-34-17-22-6-4-3-5-7-22/h3-9,14,19,23,32H,10-13,15-18H2,1-2H3,(H,29,33). The van der Waals surface area contributed by atoms with Crippen molar-refractivity contribution in [1.82, 2.24) is 14.8 Å². The molecule has 0 bridgehead atoms. The molecule has 1 aromatic heterocycles. The number of aliphatic hydroxyl groups excluding tert-OH is 1. The predicted octanol–water partition coefficient (Wildman–Crippen LogP) is 3.24. The van der Waals surface area contributed by atoms with Crippen molar-refractivity contribution in [2.45, 2.75) is 33.1 Å². The molecule has 0 radical (unpaired) electrons. The molecule has 2 heterocycles. The molecule has 1 saturated heterocycles. The lowest BCUT2D eigenvalue weighted by Gasteiger charge is -2.34. The summed E-state index contributed by atoms with van der Waals surface area (Å²) >= 11 is 0. The van der Waals surface area contributed by atoms with Crippen LogP contribution in [0.15, 0.2) is 59.2 Å². The molecule has 0 aliphatic carbocycles. The van der Waals surface area contributed by atoms with Crippen LogP contribution in [0.5, 0.6) is 0 Å². The van der Waals surface area contributed by atoms with E-state index in [2.05, 4.69) is 20.1 Å². The normalized spacial score (nSPS) is 15.7. The fourth-order valence-corrected chi connectivity index (χ4v) is 4.10. The van der Waals surface area contributed by atoms with E-state index in [9.17, 15) is 9.90 Å². The van der Waals surface area contributed by atoms with E-state index in [-0.39, 0.29) is 11.6 Å². The van der Waals surface area contributed by atoms with Gasteiger partial charge in [0.2, 0.25) is 5.89 Å². The van der Waals surface area contributed by atoms with E-state index in [0.29, 0.717) is 32.2 Å². The minimum absolute atomic E-state index is 0.276. The van der Waals surface area contributed by atoms with Crippen molar-refractivity contribution >= 4 is 11.6 Å². The number of β-amino-alcohol motifs (C(OH)–C–C–N with tert-alkyl or cyclic N) is 1. The smallest absolute Gasteiger partial charge is 0.277 e. The van der Waals surface area contributed by atoms with Crippen LogP contribution in [0.3, 0.4) is 0 Å². The summed E-state index contributed by atoms with van der Waals surface area (Å²) in [5, 5.41) is 13.2. The summed E-state index contributed by atoms with van der Waals surface area (Å²) in [4.78, 5) is 21.5. The molecule has 35 heavy (non-hydrogen) atoms. The number of ether oxygens (including phenoxy) is 1. The van der Waals surface area contributed by atoms with Crippen LogP contribution < -0.4 is 5.32 Å². The van der Waals surface area contributed by atoms with Crippen molar-refractivity contribution in [2.75, 3.05) is 44.6 Å². The number of oxazole rings is 1. The minimum atomic E-state index is -0.518. The molecular formula is C27H34N4O4. The lowest BCUT2D eigenvalue weighted by molar-refractivity contribution is 0.000371. The molecule has 1 amide bonds. The lowest BCUT2D eigenvalue weighted by Crippen LogP contribution is -2.48. The van der Waals surface area contributed by atoms with Crippen molar-refractivity contribution < 1.29 is 19.1 Å². The molecule has 1 fully saturated rings. The highest BCUT2D eigenvalue weighted by Gasteiger charge is 2.21. The molecule has 2 N–H and O–H groups in total. The fraction of sp³-hybridized carbons (Fsp3) is 0.407. The maximum Gasteiger partial charge on any atom is 0.277 e. The van der Waals surface area contributed by atoms with Gasteiger partial charge in [-0.15, -0.1) is 0 Å². The van der Waals surface area contributed by atoms with Gasteiger partial charge >= 0.3 is 0 Å². The summed E-state index contributed by atoms with van der Waals surface area (Å²) in [5.74, 6) is 0.251. The third kappa shape index (κ3) is 7.47. The van der Waals surface area contributed by atoms with Gasteiger partial charge in [-0.05, 0) is 36.6 Å². The minimum Gasteiger partial charge on any atom is -0.447 e. The van der Waals surface area contributed by atoms with E-state index in [1.807, 2.05) is 62.4 Å². The highest BCUT2D eigenvalue weighted by atomic mass is 16.5. The molecule has 1 unspecified atom stereocenters. The number of hydrogen-bond donors (Lipinski definition) is 2. The number of nitrogens with one attached hydrogen (secondary N) is 1. The van der Waals surface area contributed by atoms with E-state index in [1.165, 1.54) is 6.26 Å². The summed E-state index contributed by atoms with van der Waals surface area (Å²) in [6.45, 7) is 9.27. The molecule has 4 rings (SSSR count). The van der Waals surface area contributed by atoms with E-state index < -0.39 is 6.10 Å². The number of rotatable bonds is 10. The summed E-state index contributed by atoms with van der Waals surface area (Å²) < 4.78 is 11.2. The number of nitrogens with zero attached hydrogens (tertiary/aromatic N) is 3. The SMILES string of the molecule is Cc1ccc(C)c(NC(=O)c2coc(CN3CCN(CC(O)COCc4ccccc4)CC3)n2)c1. The van der Waals surface area contributed by atoms with E-state index in [4.69, 9.17) is 9.15 Å². The molecule has 8 nitrogen and oxygen atoms in total. The topological polar surface area (TPSA) is 91.1 Å². The van der Waals surface area contributed by atoms with Gasteiger partial charge in [0.15, 0.2) is 5.69 Å². The van der Waals surface area contributed by atoms with E-state index >= 15 is 0 Å². The van der Waals surface area contributed by atoms with Crippen LogP contribution in [-0.4, -0.2) is 71.2 Å². The summed E-state index contributed by atoms with van der Waals surface area (Å²) in [7, 11) is 0. The first-order chi connectivity index (χ1) is 17.0. The number of hydrogen-bond acceptors (Lipinski definition) is 7. The largest absolute Gasteiger partial charge is 0.447 e. The second-order valence-electron chi connectivity index (χ2n) is 9.13. The zero-order chi connectivity index (χ0) is 24.6. The molecule has 2 aromatic carbocycles. The number of carbonyl (C=O) groups is 1. The zero-order valence-electron chi connectivity index (χ0n) is 20.4. The first kappa shape index (κ1) is 25.1. The third-order valence-electron chi connectivity index (χ3n) is 6.14. The first-order valence-electron chi connectivity index (χ1n) is 12.0. The zero-order valence-corrected chi connectivity index (χ0v) is 20.4. The van der Waals surface area contributed by atoms with Gasteiger partial charge in [0.25, 0.3) is 5.91 Å². The molecule has 1 aliphatic rings. The monoisotopic (exact) mass is 478 g/mol. The predicted molar refractivity (Wildman–Crippen MR) is 134 cm³/mol. The Labute approximate surface area is 206 Å². The van der Waals surface area contributed by atoms with Gasteiger partial charge in [-0.2, -0.15) is 0 Å². The number of carbonyl (C=O) groups excluding carboxylic acids is 1. The van der Waals surface area contributed by atoms with Crippen molar-refractivity contribution in [2.24, 2.45) is 0 Å². The molecule has 186 valence electrons. The van der Waals surface area contributed by atoms with Crippen molar-refractivity contribution in [3.63, 3.8) is 0 Å². The Kier molecular flexibility index (Phi) is 8.65. The summed E-state index contributed by atoms with van der Waals surface area (Å²) in [6.07, 6.45) is 0.896. The van der Waals surface area contributed by atoms with E-state index in [1.54, 1.807) is 0 Å². The Morgan fingerprint density at radius 3 is 2.63 bits per heavy atom. The van der Waals surface area contributed by atoms with Crippen LogP contribution in [-0.2, 0) is 17.9 Å². The van der Waals surface area contributed by atoms with Gasteiger partial charge in [0.05, 0.1) is 25.9 Å². The van der Waals surface area contributed by atoms with Gasteiger partial charge in [-0.25, -0.2) is 4.98 Å². The molecule has 0 spiro atoms. The Morgan fingerprint density at radius 2 is 1.86 bits per heavy atom. The average Bonchev–Trinajstić information content (AvgIpc) is 3.32. The Morgan fingerprint density at radius 1 is 1.11 bits per heavy atom. The highest BCUT2D eigenvalue weighted by Crippen LogP contribution is 2.18. The highest BCUT2D eigenvalue weighted by molar-refractivity contribution is 6.03. The number of amides is 1. The van der Waals surface area contributed by atoms with Gasteiger partial charge < -0.3 is 19.6 Å². The van der Waals surface area contributed by atoms with Crippen LogP contribution in [0.1, 0.15) is 33.1 Å². The van der Waals surface area contributed by atoms with Crippen LogP contribution in [0, 0.1) is 13.8 Å². The number of aliphatic hydroxyl groups is 1. The molecular weight excluding hydrogens is 444 g/mol. The van der Waals surface area contributed by atoms with Crippen molar-refractivity contribution in [1.29, 1.82) is 0 Å². The second-order valence-corrected chi connectivity index (χ2v) is 9.13. The molecule has 1 atom stereocenters. The Hall–Kier alpha value is -3.04. The number of piperazine rings is 1. The van der Waals surface area contributed by atoms with Crippen LogP contribution in [0.4, 0.5) is 5.69 Å². The summed E-state index contributed by atoms with van der Waals surface area (Å²) in [5.41, 5.74) is 4.24. The average molecular weight is 479 g/mol. The molecule has 0 saturated carbocycles. The number of aryl methyl sites for hydroxylation is 2. The van der Waals surface area contributed by atoms with Crippen LogP contribution in [0.25, 0.3) is 0 Å². The molecule has 3 aromatic rings. The number of benzene rings is 2. The summed E-state index contributed by atoms with van der Waals surface area (Å²) in [6, 6.07) is 15.9. The lowest BCUT2D eigenvalue weighted by atomic mass is 10.1. The van der Waals surface area contributed by atoms with Crippen LogP contribution >= 0.6 is 0 Å².